The van der Waals surface area contributed by atoms with Gasteiger partial charge in [0.1, 0.15) is 5.82 Å². The van der Waals surface area contributed by atoms with E-state index in [0.717, 1.165) is 24.2 Å². The molecule has 204 valence electrons. The maximum atomic E-state index is 14.7. The van der Waals surface area contributed by atoms with E-state index in [9.17, 15) is 23.6 Å². The van der Waals surface area contributed by atoms with Crippen LogP contribution in [-0.2, 0) is 0 Å². The molecule has 9 heteroatoms. The molecule has 3 aromatic carbocycles. The molecule has 2 aliphatic heterocycles. The van der Waals surface area contributed by atoms with Crippen LogP contribution < -0.4 is 10.2 Å². The minimum absolute atomic E-state index is 0.0203. The zero-order valence-corrected chi connectivity index (χ0v) is 23.4. The summed E-state index contributed by atoms with van der Waals surface area (Å²) in [6.45, 7) is 2.71. The van der Waals surface area contributed by atoms with Crippen molar-refractivity contribution in [2.24, 2.45) is 11.8 Å². The Kier molecular flexibility index (Phi) is 6.78. The van der Waals surface area contributed by atoms with Gasteiger partial charge in [-0.3, -0.25) is 19.2 Å². The summed E-state index contributed by atoms with van der Waals surface area (Å²) < 4.78 is 15.4. The lowest BCUT2D eigenvalue weighted by Gasteiger charge is -2.33. The maximum Gasteiger partial charge on any atom is 0.266 e. The number of carbonyl (C=O) groups is 4. The first-order valence-corrected chi connectivity index (χ1v) is 14.2. The average molecular weight is 604 g/mol. The van der Waals surface area contributed by atoms with E-state index >= 15 is 0 Å². The Labute approximate surface area is 239 Å². The van der Waals surface area contributed by atoms with Gasteiger partial charge in [0.05, 0.1) is 22.4 Å². The molecule has 0 unspecified atom stereocenters. The van der Waals surface area contributed by atoms with Gasteiger partial charge in [-0.2, -0.15) is 0 Å². The van der Waals surface area contributed by atoms with Gasteiger partial charge in [-0.1, -0.05) is 34.5 Å². The molecule has 3 atom stereocenters. The molecule has 1 saturated carbocycles. The highest BCUT2D eigenvalue weighted by Gasteiger charge is 2.43. The highest BCUT2D eigenvalue weighted by Crippen LogP contribution is 2.37. The van der Waals surface area contributed by atoms with Gasteiger partial charge >= 0.3 is 0 Å². The predicted molar refractivity (Wildman–Crippen MR) is 151 cm³/mol. The van der Waals surface area contributed by atoms with Gasteiger partial charge in [0.2, 0.25) is 0 Å². The first-order valence-electron chi connectivity index (χ1n) is 13.4. The fraction of sp³-hybridized carbons (Fsp3) is 0.290. The molecule has 7 nitrogen and oxygen atoms in total. The summed E-state index contributed by atoms with van der Waals surface area (Å²) in [4.78, 5) is 55.0. The molecule has 3 aromatic rings. The van der Waals surface area contributed by atoms with Crippen LogP contribution in [0, 0.1) is 24.6 Å². The Morgan fingerprint density at radius 1 is 0.925 bits per heavy atom. The van der Waals surface area contributed by atoms with Gasteiger partial charge < -0.3 is 10.2 Å². The molecule has 0 spiro atoms. The van der Waals surface area contributed by atoms with Crippen LogP contribution in [0.15, 0.2) is 65.1 Å². The lowest BCUT2D eigenvalue weighted by atomic mass is 9.78. The minimum atomic E-state index is -0.535. The number of anilines is 1. The number of hydrogen-bond donors (Lipinski definition) is 1. The number of rotatable bonds is 4. The number of benzene rings is 3. The fourth-order valence-electron chi connectivity index (χ4n) is 6.26. The van der Waals surface area contributed by atoms with E-state index in [2.05, 4.69) is 21.2 Å². The predicted octanol–water partition coefficient (Wildman–Crippen LogP) is 5.37. The number of halogens is 2. The minimum Gasteiger partial charge on any atom is -0.349 e. The maximum absolute atomic E-state index is 14.7. The van der Waals surface area contributed by atoms with E-state index < -0.39 is 11.7 Å². The van der Waals surface area contributed by atoms with Gasteiger partial charge in [-0.15, -0.1) is 0 Å². The smallest absolute Gasteiger partial charge is 0.266 e. The van der Waals surface area contributed by atoms with Crippen LogP contribution in [-0.4, -0.2) is 47.7 Å². The summed E-state index contributed by atoms with van der Waals surface area (Å²) in [5.74, 6) is -1.54. The first-order chi connectivity index (χ1) is 19.2. The molecular weight excluding hydrogens is 577 g/mol. The van der Waals surface area contributed by atoms with Crippen LogP contribution in [0.1, 0.15) is 66.3 Å². The number of imide groups is 1. The monoisotopic (exact) mass is 603 g/mol. The van der Waals surface area contributed by atoms with Crippen molar-refractivity contribution in [3.8, 4) is 0 Å². The molecule has 1 aliphatic carbocycles. The third-order valence-corrected chi connectivity index (χ3v) is 9.29. The second-order valence-corrected chi connectivity index (χ2v) is 11.6. The lowest BCUT2D eigenvalue weighted by molar-refractivity contribution is 0.0782. The normalized spacial score (nSPS) is 21.8. The average Bonchev–Trinajstić information content (AvgIpc) is 3.51. The topological polar surface area (TPSA) is 86.8 Å². The molecular formula is C31H27BrFN3O4. The van der Waals surface area contributed by atoms with E-state index in [1.54, 1.807) is 66.4 Å². The van der Waals surface area contributed by atoms with Crippen molar-refractivity contribution in [3.63, 3.8) is 0 Å². The summed E-state index contributed by atoms with van der Waals surface area (Å²) in [6, 6.07) is 16.2. The van der Waals surface area contributed by atoms with Gasteiger partial charge in [0.15, 0.2) is 0 Å². The van der Waals surface area contributed by atoms with Gasteiger partial charge in [0, 0.05) is 35.1 Å². The van der Waals surface area contributed by atoms with Crippen LogP contribution in [0.3, 0.4) is 0 Å². The Balaban J connectivity index is 1.14. The number of nitrogens with zero attached hydrogens (tertiary/aromatic N) is 2. The van der Waals surface area contributed by atoms with E-state index in [1.807, 2.05) is 0 Å². The Morgan fingerprint density at radius 2 is 1.60 bits per heavy atom. The Hall–Kier alpha value is -3.85. The van der Waals surface area contributed by atoms with Crippen LogP contribution in [0.25, 0.3) is 0 Å². The molecule has 0 aromatic heterocycles. The molecule has 1 saturated heterocycles. The number of hydrogen-bond acceptors (Lipinski definition) is 4. The lowest BCUT2D eigenvalue weighted by Crippen LogP contribution is -2.45. The highest BCUT2D eigenvalue weighted by atomic mass is 79.9. The van der Waals surface area contributed by atoms with E-state index in [4.69, 9.17) is 0 Å². The summed E-state index contributed by atoms with van der Waals surface area (Å²) in [6.07, 6.45) is 2.66. The summed E-state index contributed by atoms with van der Waals surface area (Å²) in [7, 11) is 0. The molecule has 0 radical (unpaired) electrons. The number of carbonyl (C=O) groups excluding carboxylic acids is 4. The van der Waals surface area contributed by atoms with Crippen molar-refractivity contribution in [2.45, 2.75) is 32.2 Å². The van der Waals surface area contributed by atoms with E-state index in [1.165, 1.54) is 6.07 Å². The Bertz CT molecular complexity index is 1520. The zero-order chi connectivity index (χ0) is 28.1. The molecule has 40 heavy (non-hydrogen) atoms. The highest BCUT2D eigenvalue weighted by molar-refractivity contribution is 9.10. The molecule has 2 fully saturated rings. The summed E-state index contributed by atoms with van der Waals surface area (Å²) >= 11 is 3.30. The Morgan fingerprint density at radius 3 is 2.27 bits per heavy atom. The molecule has 0 bridgehead atoms. The fourth-order valence-corrected chi connectivity index (χ4v) is 6.57. The van der Waals surface area contributed by atoms with E-state index in [-0.39, 0.29) is 41.2 Å². The third-order valence-electron chi connectivity index (χ3n) is 8.43. The molecule has 4 amide bonds. The third kappa shape index (κ3) is 4.42. The number of amides is 4. The second kappa shape index (κ2) is 10.3. The van der Waals surface area contributed by atoms with Crippen molar-refractivity contribution in [3.05, 3.63) is 98.8 Å². The van der Waals surface area contributed by atoms with Crippen molar-refractivity contribution < 1.29 is 23.6 Å². The SMILES string of the molecule is Cc1c(Br)ccc(C(=O)N[C@H]2CCC[C@@H]3CN(C(=O)c4ccc(N5C(=O)c6ccccc6C5=O)cc4)C[C@@H]32)c1F. The van der Waals surface area contributed by atoms with Gasteiger partial charge in [-0.25, -0.2) is 9.29 Å². The molecule has 2 heterocycles. The second-order valence-electron chi connectivity index (χ2n) is 10.7. The van der Waals surface area contributed by atoms with Crippen molar-refractivity contribution in [1.82, 2.24) is 10.2 Å². The van der Waals surface area contributed by atoms with Gasteiger partial charge in [-0.05, 0) is 79.8 Å². The van der Waals surface area contributed by atoms with Crippen LogP contribution in [0.2, 0.25) is 0 Å². The molecule has 3 aliphatic rings. The zero-order valence-electron chi connectivity index (χ0n) is 21.8. The first kappa shape index (κ1) is 26.4. The van der Waals surface area contributed by atoms with Gasteiger partial charge in [0.25, 0.3) is 23.6 Å². The van der Waals surface area contributed by atoms with Crippen LogP contribution in [0.5, 0.6) is 0 Å². The number of fused-ring (bicyclic) bond motifs is 2. The quantitative estimate of drug-likeness (QED) is 0.406. The molecule has 1 N–H and O–H groups in total. The van der Waals surface area contributed by atoms with Crippen LogP contribution in [0.4, 0.5) is 10.1 Å². The van der Waals surface area contributed by atoms with Crippen molar-refractivity contribution in [2.75, 3.05) is 18.0 Å². The van der Waals surface area contributed by atoms with Crippen molar-refractivity contribution >= 4 is 45.2 Å². The number of nitrogens with one attached hydrogen (secondary N) is 1. The molecule has 6 rings (SSSR count). The number of likely N-dealkylation sites (tertiary alicyclic amines) is 1. The van der Waals surface area contributed by atoms with Crippen molar-refractivity contribution in [1.29, 1.82) is 0 Å². The summed E-state index contributed by atoms with van der Waals surface area (Å²) in [5.41, 5.74) is 2.02. The standard InChI is InChI=1S/C31H27BrFN3O4/c1-17-25(32)14-13-23(27(17)33)28(37)34-26-8-4-5-19-15-35(16-24(19)26)29(38)18-9-11-20(12-10-18)36-30(39)21-6-2-3-7-22(21)31(36)40/h2-3,6-7,9-14,19,24,26H,4-5,8,15-16H2,1H3,(H,34,37)/t19-,24+,26+/m1/s1. The van der Waals surface area contributed by atoms with Crippen LogP contribution >= 0.6 is 15.9 Å². The summed E-state index contributed by atoms with van der Waals surface area (Å²) in [5, 5.41) is 3.05. The van der Waals surface area contributed by atoms with E-state index in [0.29, 0.717) is 45.5 Å². The largest absolute Gasteiger partial charge is 0.349 e.